The zero-order valence-corrected chi connectivity index (χ0v) is 15.2. The molecular formula is C22H19FN4. The number of benzene rings is 1. The van der Waals surface area contributed by atoms with Crippen LogP contribution in [0.15, 0.2) is 79.0 Å². The van der Waals surface area contributed by atoms with Gasteiger partial charge in [-0.15, -0.1) is 0 Å². The molecule has 4 rings (SSSR count). The summed E-state index contributed by atoms with van der Waals surface area (Å²) in [4.78, 5) is 8.75. The molecule has 4 aromatic rings. The van der Waals surface area contributed by atoms with Gasteiger partial charge in [-0.25, -0.2) is 9.67 Å². The van der Waals surface area contributed by atoms with E-state index in [9.17, 15) is 4.39 Å². The lowest BCUT2D eigenvalue weighted by molar-refractivity contribution is 0.568. The van der Waals surface area contributed by atoms with Crippen LogP contribution in [0.1, 0.15) is 25.2 Å². The molecule has 3 heterocycles. The van der Waals surface area contributed by atoms with Gasteiger partial charge in [0.25, 0.3) is 0 Å². The lowest BCUT2D eigenvalue weighted by Crippen LogP contribution is -2.22. The molecule has 0 atom stereocenters. The van der Waals surface area contributed by atoms with Crippen LogP contribution in [-0.2, 0) is 5.41 Å². The van der Waals surface area contributed by atoms with Crippen LogP contribution in [0, 0.1) is 5.95 Å². The lowest BCUT2D eigenvalue weighted by atomic mass is 9.85. The molecule has 0 N–H and O–H groups in total. The van der Waals surface area contributed by atoms with E-state index in [0.717, 1.165) is 22.6 Å². The largest absolute Gasteiger partial charge is 0.252 e. The maximum absolute atomic E-state index is 13.4. The highest BCUT2D eigenvalue weighted by atomic mass is 19.1. The van der Waals surface area contributed by atoms with Crippen LogP contribution in [-0.4, -0.2) is 19.7 Å². The second-order valence-corrected chi connectivity index (χ2v) is 6.86. The van der Waals surface area contributed by atoms with Gasteiger partial charge >= 0.3 is 0 Å². The second kappa shape index (κ2) is 6.76. The van der Waals surface area contributed by atoms with Crippen LogP contribution >= 0.6 is 0 Å². The van der Waals surface area contributed by atoms with E-state index in [0.29, 0.717) is 5.82 Å². The van der Waals surface area contributed by atoms with Crippen LogP contribution in [0.4, 0.5) is 4.39 Å². The molecule has 0 bridgehead atoms. The first-order chi connectivity index (χ1) is 13.0. The summed E-state index contributed by atoms with van der Waals surface area (Å²) >= 11 is 0. The number of halogens is 1. The predicted molar refractivity (Wildman–Crippen MR) is 103 cm³/mol. The van der Waals surface area contributed by atoms with Gasteiger partial charge in [0, 0.05) is 11.8 Å². The summed E-state index contributed by atoms with van der Waals surface area (Å²) in [7, 11) is 0. The van der Waals surface area contributed by atoms with Crippen LogP contribution < -0.4 is 0 Å². The number of rotatable bonds is 4. The van der Waals surface area contributed by atoms with Gasteiger partial charge in [-0.2, -0.15) is 9.49 Å². The van der Waals surface area contributed by atoms with Crippen LogP contribution in [0.25, 0.3) is 17.1 Å². The highest BCUT2D eigenvalue weighted by Gasteiger charge is 2.28. The maximum Gasteiger partial charge on any atom is 0.214 e. The van der Waals surface area contributed by atoms with Crippen molar-refractivity contribution in [1.29, 1.82) is 0 Å². The van der Waals surface area contributed by atoms with E-state index in [2.05, 4.69) is 23.9 Å². The summed E-state index contributed by atoms with van der Waals surface area (Å²) in [6.45, 7) is 4.16. The van der Waals surface area contributed by atoms with Crippen molar-refractivity contribution in [3.8, 4) is 17.1 Å². The Morgan fingerprint density at radius 2 is 1.56 bits per heavy atom. The average molecular weight is 358 g/mol. The number of hydrogen-bond donors (Lipinski definition) is 0. The van der Waals surface area contributed by atoms with E-state index in [1.807, 2.05) is 54.6 Å². The molecule has 0 amide bonds. The molecule has 3 aromatic heterocycles. The van der Waals surface area contributed by atoms with Crippen LogP contribution in [0.2, 0.25) is 0 Å². The van der Waals surface area contributed by atoms with Gasteiger partial charge in [0.15, 0.2) is 5.82 Å². The first-order valence-electron chi connectivity index (χ1n) is 8.76. The molecule has 0 aliphatic carbocycles. The zero-order valence-electron chi connectivity index (χ0n) is 15.2. The van der Waals surface area contributed by atoms with Gasteiger partial charge in [0.2, 0.25) is 5.95 Å². The van der Waals surface area contributed by atoms with Crippen molar-refractivity contribution in [2.45, 2.75) is 19.3 Å². The molecule has 0 spiro atoms. The molecule has 4 nitrogen and oxygen atoms in total. The molecule has 0 unspecified atom stereocenters. The third kappa shape index (κ3) is 3.36. The predicted octanol–water partition coefficient (Wildman–Crippen LogP) is 4.79. The van der Waals surface area contributed by atoms with E-state index >= 15 is 0 Å². The minimum atomic E-state index is -0.527. The summed E-state index contributed by atoms with van der Waals surface area (Å²) in [5.41, 5.74) is 3.34. The minimum absolute atomic E-state index is 0.413. The molecule has 27 heavy (non-hydrogen) atoms. The Kier molecular flexibility index (Phi) is 4.28. The highest BCUT2D eigenvalue weighted by Crippen LogP contribution is 2.30. The second-order valence-electron chi connectivity index (χ2n) is 6.86. The Hall–Kier alpha value is -3.34. The van der Waals surface area contributed by atoms with E-state index < -0.39 is 11.4 Å². The number of pyridine rings is 2. The van der Waals surface area contributed by atoms with Gasteiger partial charge in [0.1, 0.15) is 0 Å². The highest BCUT2D eigenvalue weighted by molar-refractivity contribution is 5.59. The molecule has 5 heteroatoms. The van der Waals surface area contributed by atoms with Gasteiger partial charge in [-0.05, 0) is 44.2 Å². The van der Waals surface area contributed by atoms with Crippen molar-refractivity contribution in [3.05, 3.63) is 96.3 Å². The first-order valence-corrected chi connectivity index (χ1v) is 8.76. The van der Waals surface area contributed by atoms with Crippen molar-refractivity contribution in [3.63, 3.8) is 0 Å². The third-order valence-corrected chi connectivity index (χ3v) is 4.62. The molecule has 0 aliphatic rings. The Balaban J connectivity index is 1.70. The summed E-state index contributed by atoms with van der Waals surface area (Å²) in [6.07, 6.45) is 1.79. The van der Waals surface area contributed by atoms with E-state index in [4.69, 9.17) is 4.98 Å². The summed E-state index contributed by atoms with van der Waals surface area (Å²) in [5, 5.41) is 4.62. The molecule has 1 aromatic carbocycles. The zero-order chi connectivity index (χ0) is 18.9. The smallest absolute Gasteiger partial charge is 0.214 e. The fraction of sp³-hybridized carbons (Fsp3) is 0.136. The average Bonchev–Trinajstić information content (AvgIpc) is 3.20. The standard InChI is InChI=1S/C22H19FN4/c1-22(2,18-11-6-10-17(24-18)16-8-4-3-5-9-16)19-14-15-27(26-19)21-13-7-12-20(23)25-21/h3-15H,1-2H3. The topological polar surface area (TPSA) is 43.6 Å². The fourth-order valence-electron chi connectivity index (χ4n) is 2.99. The third-order valence-electron chi connectivity index (χ3n) is 4.62. The number of aromatic nitrogens is 4. The van der Waals surface area contributed by atoms with Crippen molar-refractivity contribution < 1.29 is 4.39 Å². The van der Waals surface area contributed by atoms with Gasteiger partial charge < -0.3 is 0 Å². The number of nitrogens with zero attached hydrogens (tertiary/aromatic N) is 4. The van der Waals surface area contributed by atoms with Gasteiger partial charge in [-0.3, -0.25) is 4.98 Å². The normalized spacial score (nSPS) is 11.5. The monoisotopic (exact) mass is 358 g/mol. The van der Waals surface area contributed by atoms with Crippen molar-refractivity contribution in [2.24, 2.45) is 0 Å². The van der Waals surface area contributed by atoms with Crippen LogP contribution in [0.3, 0.4) is 0 Å². The summed E-state index contributed by atoms with van der Waals surface area (Å²) in [5.74, 6) is -0.0796. The van der Waals surface area contributed by atoms with E-state index in [-0.39, 0.29) is 0 Å². The van der Waals surface area contributed by atoms with Crippen molar-refractivity contribution in [1.82, 2.24) is 19.7 Å². The van der Waals surface area contributed by atoms with Crippen molar-refractivity contribution >= 4 is 0 Å². The Labute approximate surface area is 157 Å². The molecule has 134 valence electrons. The first kappa shape index (κ1) is 17.1. The van der Waals surface area contributed by atoms with E-state index in [1.54, 1.807) is 23.0 Å². The quantitative estimate of drug-likeness (QED) is 0.493. The lowest BCUT2D eigenvalue weighted by Gasteiger charge is -2.22. The molecular weight excluding hydrogens is 339 g/mol. The molecule has 0 radical (unpaired) electrons. The summed E-state index contributed by atoms with van der Waals surface area (Å²) in [6, 6.07) is 22.7. The Bertz CT molecular complexity index is 1070. The molecule has 0 saturated heterocycles. The Morgan fingerprint density at radius 1 is 0.778 bits per heavy atom. The molecule has 0 saturated carbocycles. The van der Waals surface area contributed by atoms with Crippen LogP contribution in [0.5, 0.6) is 0 Å². The Morgan fingerprint density at radius 3 is 2.33 bits per heavy atom. The van der Waals surface area contributed by atoms with Crippen molar-refractivity contribution in [2.75, 3.05) is 0 Å². The van der Waals surface area contributed by atoms with Gasteiger partial charge in [-0.1, -0.05) is 42.5 Å². The van der Waals surface area contributed by atoms with Gasteiger partial charge in [0.05, 0.1) is 22.5 Å². The molecule has 0 aliphatic heterocycles. The molecule has 0 fully saturated rings. The maximum atomic E-state index is 13.4. The van der Waals surface area contributed by atoms with E-state index in [1.165, 1.54) is 6.07 Å². The SMILES string of the molecule is CC(C)(c1cccc(-c2ccccc2)n1)c1ccn(-c2cccc(F)n2)n1. The fourth-order valence-corrected chi connectivity index (χ4v) is 2.99. The summed E-state index contributed by atoms with van der Waals surface area (Å²) < 4.78 is 15.0. The number of hydrogen-bond acceptors (Lipinski definition) is 3. The minimum Gasteiger partial charge on any atom is -0.252 e.